The smallest absolute Gasteiger partial charge is 0.310 e. The summed E-state index contributed by atoms with van der Waals surface area (Å²) >= 11 is 0. The van der Waals surface area contributed by atoms with Crippen LogP contribution in [0.15, 0.2) is 0 Å². The minimum atomic E-state index is -0.345. The Morgan fingerprint density at radius 1 is 0.913 bits per heavy atom. The highest BCUT2D eigenvalue weighted by Crippen LogP contribution is 2.36. The van der Waals surface area contributed by atoms with Crippen LogP contribution in [0.1, 0.15) is 66.7 Å². The van der Waals surface area contributed by atoms with E-state index in [9.17, 15) is 9.59 Å². The quantitative estimate of drug-likeness (QED) is 0.627. The van der Waals surface area contributed by atoms with Gasteiger partial charge < -0.3 is 9.47 Å². The Hall–Kier alpha value is -1.06. The SMILES string of the molecule is CC(C)CCOC(=O)C1CCCC(C)C1C(=O)OCCC(C)C. The fourth-order valence-electron chi connectivity index (χ4n) is 3.07. The Labute approximate surface area is 141 Å². The first-order chi connectivity index (χ1) is 10.8. The number of ether oxygens (including phenoxy) is 2. The molecule has 134 valence electrons. The van der Waals surface area contributed by atoms with Crippen LogP contribution in [0, 0.1) is 29.6 Å². The van der Waals surface area contributed by atoms with Gasteiger partial charge >= 0.3 is 11.9 Å². The summed E-state index contributed by atoms with van der Waals surface area (Å²) in [4.78, 5) is 24.8. The van der Waals surface area contributed by atoms with E-state index in [2.05, 4.69) is 27.7 Å². The van der Waals surface area contributed by atoms with Crippen molar-refractivity contribution in [2.24, 2.45) is 29.6 Å². The van der Waals surface area contributed by atoms with Gasteiger partial charge in [0, 0.05) is 0 Å². The molecule has 0 radical (unpaired) electrons. The molecule has 1 aliphatic carbocycles. The fraction of sp³-hybridized carbons (Fsp3) is 0.895. The largest absolute Gasteiger partial charge is 0.465 e. The zero-order chi connectivity index (χ0) is 17.4. The highest BCUT2D eigenvalue weighted by molar-refractivity contribution is 5.82. The van der Waals surface area contributed by atoms with E-state index in [1.165, 1.54) is 0 Å². The molecular formula is C19H34O4. The molecular weight excluding hydrogens is 292 g/mol. The minimum Gasteiger partial charge on any atom is -0.465 e. The zero-order valence-electron chi connectivity index (χ0n) is 15.5. The maximum Gasteiger partial charge on any atom is 0.310 e. The predicted molar refractivity (Wildman–Crippen MR) is 90.8 cm³/mol. The number of hydrogen-bond donors (Lipinski definition) is 0. The summed E-state index contributed by atoms with van der Waals surface area (Å²) in [6, 6.07) is 0. The Morgan fingerprint density at radius 2 is 1.43 bits per heavy atom. The second kappa shape index (κ2) is 9.94. The lowest BCUT2D eigenvalue weighted by atomic mass is 9.73. The molecule has 0 aliphatic heterocycles. The molecule has 3 unspecified atom stereocenters. The first-order valence-electron chi connectivity index (χ1n) is 9.16. The molecule has 0 aromatic carbocycles. The zero-order valence-corrected chi connectivity index (χ0v) is 15.5. The fourth-order valence-corrected chi connectivity index (χ4v) is 3.07. The number of carbonyl (C=O) groups is 2. The van der Waals surface area contributed by atoms with Gasteiger partial charge in [0.2, 0.25) is 0 Å². The Morgan fingerprint density at radius 3 is 1.96 bits per heavy atom. The molecule has 0 saturated heterocycles. The van der Waals surface area contributed by atoms with Crippen molar-refractivity contribution in [1.82, 2.24) is 0 Å². The monoisotopic (exact) mass is 326 g/mol. The summed E-state index contributed by atoms with van der Waals surface area (Å²) < 4.78 is 10.9. The van der Waals surface area contributed by atoms with Crippen molar-refractivity contribution in [3.05, 3.63) is 0 Å². The maximum atomic E-state index is 12.5. The average Bonchev–Trinajstić information content (AvgIpc) is 2.45. The van der Waals surface area contributed by atoms with Crippen LogP contribution in [0.2, 0.25) is 0 Å². The molecule has 1 rings (SSSR count). The number of carbonyl (C=O) groups excluding carboxylic acids is 2. The minimum absolute atomic E-state index is 0.179. The van der Waals surface area contributed by atoms with E-state index in [4.69, 9.17) is 9.47 Å². The number of esters is 2. The Balaban J connectivity index is 2.59. The second-order valence-electron chi connectivity index (χ2n) is 7.74. The number of rotatable bonds is 8. The van der Waals surface area contributed by atoms with E-state index in [1.807, 2.05) is 6.92 Å². The van der Waals surface area contributed by atoms with E-state index in [0.29, 0.717) is 25.0 Å². The molecule has 0 aromatic rings. The van der Waals surface area contributed by atoms with E-state index in [0.717, 1.165) is 32.1 Å². The molecule has 1 saturated carbocycles. The van der Waals surface area contributed by atoms with Crippen molar-refractivity contribution in [1.29, 1.82) is 0 Å². The molecule has 0 aromatic heterocycles. The van der Waals surface area contributed by atoms with Gasteiger partial charge in [0.05, 0.1) is 25.0 Å². The van der Waals surface area contributed by atoms with Crippen molar-refractivity contribution in [2.45, 2.75) is 66.7 Å². The van der Waals surface area contributed by atoms with Crippen LogP contribution in [-0.4, -0.2) is 25.2 Å². The van der Waals surface area contributed by atoms with E-state index in [-0.39, 0.29) is 29.7 Å². The Bertz CT molecular complexity index is 376. The second-order valence-corrected chi connectivity index (χ2v) is 7.74. The van der Waals surface area contributed by atoms with E-state index in [1.54, 1.807) is 0 Å². The maximum absolute atomic E-state index is 12.5. The summed E-state index contributed by atoms with van der Waals surface area (Å²) in [6.45, 7) is 11.3. The predicted octanol–water partition coefficient (Wildman–Crippen LogP) is 4.22. The molecule has 4 heteroatoms. The lowest BCUT2D eigenvalue weighted by Gasteiger charge is -2.33. The first kappa shape index (κ1) is 20.0. The molecule has 0 heterocycles. The summed E-state index contributed by atoms with van der Waals surface area (Å²) in [5.74, 6) is 0.0674. The molecule has 0 N–H and O–H groups in total. The molecule has 1 aliphatic rings. The summed E-state index contributed by atoms with van der Waals surface area (Å²) in [7, 11) is 0. The lowest BCUT2D eigenvalue weighted by Crippen LogP contribution is -2.39. The van der Waals surface area contributed by atoms with Crippen LogP contribution >= 0.6 is 0 Å². The van der Waals surface area contributed by atoms with E-state index >= 15 is 0 Å². The van der Waals surface area contributed by atoms with Gasteiger partial charge in [0.25, 0.3) is 0 Å². The molecule has 0 amide bonds. The molecule has 23 heavy (non-hydrogen) atoms. The van der Waals surface area contributed by atoms with Crippen molar-refractivity contribution >= 4 is 11.9 Å². The van der Waals surface area contributed by atoms with Crippen molar-refractivity contribution < 1.29 is 19.1 Å². The molecule has 1 fully saturated rings. The van der Waals surface area contributed by atoms with Crippen molar-refractivity contribution in [2.75, 3.05) is 13.2 Å². The summed E-state index contributed by atoms with van der Waals surface area (Å²) in [5.41, 5.74) is 0. The molecule has 4 nitrogen and oxygen atoms in total. The number of hydrogen-bond acceptors (Lipinski definition) is 4. The van der Waals surface area contributed by atoms with Gasteiger partial charge in [-0.3, -0.25) is 9.59 Å². The van der Waals surface area contributed by atoms with Gasteiger partial charge in [0.1, 0.15) is 0 Å². The van der Waals surface area contributed by atoms with E-state index < -0.39 is 0 Å². The van der Waals surface area contributed by atoms with Crippen LogP contribution in [-0.2, 0) is 19.1 Å². The normalized spacial score (nSPS) is 24.7. The molecule has 0 bridgehead atoms. The third-order valence-electron chi connectivity index (χ3n) is 4.68. The standard InChI is InChI=1S/C19H34O4/c1-13(2)9-11-22-18(20)16-8-6-7-15(5)17(16)19(21)23-12-10-14(3)4/h13-17H,6-12H2,1-5H3. The highest BCUT2D eigenvalue weighted by atomic mass is 16.5. The van der Waals surface area contributed by atoms with Gasteiger partial charge in [-0.25, -0.2) is 0 Å². The Kier molecular flexibility index (Phi) is 8.64. The van der Waals surface area contributed by atoms with Crippen LogP contribution in [0.5, 0.6) is 0 Å². The van der Waals surface area contributed by atoms with Crippen molar-refractivity contribution in [3.8, 4) is 0 Å². The van der Waals surface area contributed by atoms with Crippen LogP contribution < -0.4 is 0 Å². The lowest BCUT2D eigenvalue weighted by molar-refractivity contribution is -0.165. The first-order valence-corrected chi connectivity index (χ1v) is 9.16. The average molecular weight is 326 g/mol. The van der Waals surface area contributed by atoms with Gasteiger partial charge in [-0.15, -0.1) is 0 Å². The van der Waals surface area contributed by atoms with Crippen LogP contribution in [0.25, 0.3) is 0 Å². The van der Waals surface area contributed by atoms with Gasteiger partial charge in [-0.2, -0.15) is 0 Å². The molecule has 3 atom stereocenters. The third kappa shape index (κ3) is 6.92. The topological polar surface area (TPSA) is 52.6 Å². The van der Waals surface area contributed by atoms with Gasteiger partial charge in [0.15, 0.2) is 0 Å². The summed E-state index contributed by atoms with van der Waals surface area (Å²) in [6.07, 6.45) is 4.39. The van der Waals surface area contributed by atoms with Crippen LogP contribution in [0.3, 0.4) is 0 Å². The summed E-state index contributed by atoms with van der Waals surface area (Å²) in [5, 5.41) is 0. The van der Waals surface area contributed by atoms with Crippen LogP contribution in [0.4, 0.5) is 0 Å². The van der Waals surface area contributed by atoms with Gasteiger partial charge in [-0.05, 0) is 43.4 Å². The highest BCUT2D eigenvalue weighted by Gasteiger charge is 2.42. The molecule has 0 spiro atoms. The third-order valence-corrected chi connectivity index (χ3v) is 4.68. The van der Waals surface area contributed by atoms with Crippen molar-refractivity contribution in [3.63, 3.8) is 0 Å². The van der Waals surface area contributed by atoms with Gasteiger partial charge in [-0.1, -0.05) is 41.0 Å².